The molecule has 1 aliphatic heterocycles. The molecule has 2 heterocycles. The summed E-state index contributed by atoms with van der Waals surface area (Å²) in [5.74, 6) is 0.542. The highest BCUT2D eigenvalue weighted by molar-refractivity contribution is 14.0. The van der Waals surface area contributed by atoms with Crippen LogP contribution in [-0.4, -0.2) is 55.2 Å². The van der Waals surface area contributed by atoms with Crippen LogP contribution in [0.5, 0.6) is 0 Å². The predicted octanol–water partition coefficient (Wildman–Crippen LogP) is 2.79. The van der Waals surface area contributed by atoms with Gasteiger partial charge < -0.3 is 25.0 Å². The Labute approximate surface area is 190 Å². The maximum absolute atomic E-state index is 14.7. The Kier molecular flexibility index (Phi) is 9.22. The van der Waals surface area contributed by atoms with Crippen molar-refractivity contribution in [3.63, 3.8) is 0 Å². The van der Waals surface area contributed by atoms with Crippen LogP contribution in [0.25, 0.3) is 0 Å². The van der Waals surface area contributed by atoms with Crippen LogP contribution in [-0.2, 0) is 20.1 Å². The van der Waals surface area contributed by atoms with E-state index in [-0.39, 0.29) is 29.8 Å². The van der Waals surface area contributed by atoms with Crippen molar-refractivity contribution in [1.82, 2.24) is 20.1 Å². The van der Waals surface area contributed by atoms with Crippen molar-refractivity contribution in [3.05, 3.63) is 53.6 Å². The van der Waals surface area contributed by atoms with Gasteiger partial charge in [0.25, 0.3) is 0 Å². The minimum Gasteiger partial charge on any atom is -0.367 e. The van der Waals surface area contributed by atoms with Crippen molar-refractivity contribution in [2.45, 2.75) is 20.0 Å². The second-order valence-corrected chi connectivity index (χ2v) is 7.17. The van der Waals surface area contributed by atoms with Crippen LogP contribution in [0, 0.1) is 5.82 Å². The van der Waals surface area contributed by atoms with Crippen LogP contribution in [0.4, 0.5) is 10.1 Å². The predicted molar refractivity (Wildman–Crippen MR) is 129 cm³/mol. The molecule has 0 amide bonds. The van der Waals surface area contributed by atoms with Gasteiger partial charge in [0, 0.05) is 65.8 Å². The first-order chi connectivity index (χ1) is 13.6. The van der Waals surface area contributed by atoms with Gasteiger partial charge in [-0.15, -0.1) is 24.0 Å². The number of rotatable bonds is 6. The summed E-state index contributed by atoms with van der Waals surface area (Å²) >= 11 is 0. The molecule has 0 atom stereocenters. The van der Waals surface area contributed by atoms with E-state index in [4.69, 9.17) is 0 Å². The van der Waals surface area contributed by atoms with E-state index in [1.165, 1.54) is 5.56 Å². The van der Waals surface area contributed by atoms with Gasteiger partial charge in [-0.1, -0.05) is 13.0 Å². The number of halogens is 2. The van der Waals surface area contributed by atoms with E-state index in [0.717, 1.165) is 38.3 Å². The molecule has 1 fully saturated rings. The van der Waals surface area contributed by atoms with Crippen molar-refractivity contribution in [1.29, 1.82) is 0 Å². The number of aliphatic imine (C=N–C) groups is 1. The zero-order valence-electron chi connectivity index (χ0n) is 17.5. The van der Waals surface area contributed by atoms with E-state index in [1.807, 2.05) is 29.9 Å². The molecule has 8 heteroatoms. The average molecular weight is 514 g/mol. The van der Waals surface area contributed by atoms with Gasteiger partial charge in [0.05, 0.1) is 5.69 Å². The fourth-order valence-electron chi connectivity index (χ4n) is 3.48. The van der Waals surface area contributed by atoms with Crippen molar-refractivity contribution in [3.8, 4) is 0 Å². The van der Waals surface area contributed by atoms with Crippen molar-refractivity contribution in [2.75, 3.05) is 44.7 Å². The van der Waals surface area contributed by atoms with Gasteiger partial charge in [-0.3, -0.25) is 4.99 Å². The Balaban J connectivity index is 0.00000300. The Morgan fingerprint density at radius 2 is 1.76 bits per heavy atom. The normalized spacial score (nSPS) is 15.2. The number of hydrogen-bond acceptors (Lipinski definition) is 3. The number of nitrogens with one attached hydrogen (secondary N) is 2. The molecule has 1 aromatic carbocycles. The number of aryl methyl sites for hydroxylation is 1. The molecule has 0 radical (unpaired) electrons. The molecule has 160 valence electrons. The minimum absolute atomic E-state index is 0. The molecule has 6 nitrogen and oxygen atoms in total. The largest absolute Gasteiger partial charge is 0.367 e. The summed E-state index contributed by atoms with van der Waals surface area (Å²) < 4.78 is 16.7. The molecule has 0 unspecified atom stereocenters. The molecule has 2 N–H and O–H groups in total. The van der Waals surface area contributed by atoms with Crippen LogP contribution in [0.1, 0.15) is 18.1 Å². The van der Waals surface area contributed by atoms with Gasteiger partial charge in [0.1, 0.15) is 5.82 Å². The fraction of sp³-hybridized carbons (Fsp3) is 0.476. The van der Waals surface area contributed by atoms with Gasteiger partial charge in [0.2, 0.25) is 0 Å². The lowest BCUT2D eigenvalue weighted by molar-refractivity contribution is 0.270. The second-order valence-electron chi connectivity index (χ2n) is 7.17. The molecule has 0 bridgehead atoms. The molecule has 1 saturated heterocycles. The topological polar surface area (TPSA) is 47.8 Å². The van der Waals surface area contributed by atoms with E-state index < -0.39 is 0 Å². The standard InChI is InChI=1S/C21H31FN6.HI/c1-4-27-9-11-28(12-10-27)20-6-5-17(13-19(20)22)14-24-21(23-2)25-15-18-7-8-26(3)16-18;/h5-8,13,16H,4,9-12,14-15H2,1-3H3,(H2,23,24,25);1H. The van der Waals surface area contributed by atoms with Gasteiger partial charge in [0.15, 0.2) is 5.96 Å². The summed E-state index contributed by atoms with van der Waals surface area (Å²) in [6, 6.07) is 7.57. The highest BCUT2D eigenvalue weighted by atomic mass is 127. The van der Waals surface area contributed by atoms with Gasteiger partial charge in [-0.2, -0.15) is 0 Å². The van der Waals surface area contributed by atoms with E-state index in [2.05, 4.69) is 44.6 Å². The first-order valence-corrected chi connectivity index (χ1v) is 9.90. The lowest BCUT2D eigenvalue weighted by atomic mass is 10.1. The number of nitrogens with zero attached hydrogens (tertiary/aromatic N) is 4. The summed E-state index contributed by atoms with van der Waals surface area (Å²) in [7, 11) is 3.73. The zero-order valence-corrected chi connectivity index (χ0v) is 19.8. The average Bonchev–Trinajstić information content (AvgIpc) is 3.13. The number of guanidine groups is 1. The molecular formula is C21H32FIN6. The highest BCUT2D eigenvalue weighted by Gasteiger charge is 2.18. The fourth-order valence-corrected chi connectivity index (χ4v) is 3.48. The number of benzene rings is 1. The Hall–Kier alpha value is -1.81. The summed E-state index contributed by atoms with van der Waals surface area (Å²) in [5.41, 5.74) is 2.78. The lowest BCUT2D eigenvalue weighted by Gasteiger charge is -2.35. The Morgan fingerprint density at radius 1 is 1.07 bits per heavy atom. The summed E-state index contributed by atoms with van der Waals surface area (Å²) in [6.45, 7) is 8.16. The molecule has 0 saturated carbocycles. The van der Waals surface area contributed by atoms with Gasteiger partial charge in [-0.05, 0) is 35.9 Å². The Morgan fingerprint density at radius 3 is 2.31 bits per heavy atom. The number of hydrogen-bond donors (Lipinski definition) is 2. The highest BCUT2D eigenvalue weighted by Crippen LogP contribution is 2.22. The minimum atomic E-state index is -0.156. The molecular weight excluding hydrogens is 482 g/mol. The van der Waals surface area contributed by atoms with Crippen LogP contribution in [0.2, 0.25) is 0 Å². The summed E-state index contributed by atoms with van der Waals surface area (Å²) in [4.78, 5) is 8.76. The van der Waals surface area contributed by atoms with Crippen molar-refractivity contribution in [2.24, 2.45) is 12.0 Å². The van der Waals surface area contributed by atoms with E-state index in [1.54, 1.807) is 13.1 Å². The first-order valence-electron chi connectivity index (χ1n) is 9.90. The van der Waals surface area contributed by atoms with Crippen LogP contribution < -0.4 is 15.5 Å². The molecule has 0 spiro atoms. The lowest BCUT2D eigenvalue weighted by Crippen LogP contribution is -2.46. The number of aromatic nitrogens is 1. The van der Waals surface area contributed by atoms with Crippen molar-refractivity contribution >= 4 is 35.6 Å². The number of anilines is 1. The van der Waals surface area contributed by atoms with E-state index >= 15 is 0 Å². The first kappa shape index (κ1) is 23.5. The van der Waals surface area contributed by atoms with Crippen LogP contribution in [0.3, 0.4) is 0 Å². The Bertz CT molecular complexity index is 798. The number of piperazine rings is 1. The number of likely N-dealkylation sites (N-methyl/N-ethyl adjacent to an activating group) is 1. The smallest absolute Gasteiger partial charge is 0.191 e. The van der Waals surface area contributed by atoms with Gasteiger partial charge in [-0.25, -0.2) is 4.39 Å². The monoisotopic (exact) mass is 514 g/mol. The molecule has 1 aromatic heterocycles. The molecule has 29 heavy (non-hydrogen) atoms. The third-order valence-electron chi connectivity index (χ3n) is 5.21. The zero-order chi connectivity index (χ0) is 19.9. The maximum Gasteiger partial charge on any atom is 0.191 e. The quantitative estimate of drug-likeness (QED) is 0.354. The SMILES string of the molecule is CCN1CCN(c2ccc(CNC(=NC)NCc3ccn(C)c3)cc2F)CC1.I. The third-order valence-corrected chi connectivity index (χ3v) is 5.21. The van der Waals surface area contributed by atoms with E-state index in [0.29, 0.717) is 24.7 Å². The molecule has 3 rings (SSSR count). The third kappa shape index (κ3) is 6.60. The molecule has 1 aliphatic rings. The van der Waals surface area contributed by atoms with Crippen molar-refractivity contribution < 1.29 is 4.39 Å². The molecule has 2 aromatic rings. The summed E-state index contributed by atoms with van der Waals surface area (Å²) in [5, 5.41) is 6.52. The maximum atomic E-state index is 14.7. The van der Waals surface area contributed by atoms with Crippen LogP contribution >= 0.6 is 24.0 Å². The van der Waals surface area contributed by atoms with Crippen LogP contribution in [0.15, 0.2) is 41.7 Å². The molecule has 0 aliphatic carbocycles. The van der Waals surface area contributed by atoms with Gasteiger partial charge >= 0.3 is 0 Å². The summed E-state index contributed by atoms with van der Waals surface area (Å²) in [6.07, 6.45) is 4.08. The van der Waals surface area contributed by atoms with E-state index in [9.17, 15) is 4.39 Å². The second kappa shape index (κ2) is 11.4.